The van der Waals surface area contributed by atoms with Gasteiger partial charge in [0.1, 0.15) is 0 Å². The Morgan fingerprint density at radius 3 is 2.18 bits per heavy atom. The molecule has 0 saturated heterocycles. The van der Waals surface area contributed by atoms with E-state index in [1.807, 2.05) is 0 Å². The lowest BCUT2D eigenvalue weighted by atomic mass is 10.5. The Bertz CT molecular complexity index is 136. The maximum Gasteiger partial charge on any atom is 0.390 e. The van der Waals surface area contributed by atoms with Crippen LogP contribution in [0.1, 0.15) is 6.42 Å². The third-order valence-corrected chi connectivity index (χ3v) is 2.31. The molecule has 0 aromatic rings. The number of hydrogen-bond donors (Lipinski definition) is 1. The van der Waals surface area contributed by atoms with Gasteiger partial charge in [-0.05, 0) is 0 Å². The molecule has 0 amide bonds. The zero-order chi connectivity index (χ0) is 8.91. The summed E-state index contributed by atoms with van der Waals surface area (Å²) >= 11 is 0. The molecule has 6 heteroatoms. The second-order valence-corrected chi connectivity index (χ2v) is 3.70. The fourth-order valence-corrected chi connectivity index (χ4v) is 1.39. The molecule has 11 heavy (non-hydrogen) atoms. The molecule has 0 saturated carbocycles. The smallest absolute Gasteiger partial charge is 0.330 e. The molecule has 0 aromatic heterocycles. The van der Waals surface area contributed by atoms with Gasteiger partial charge in [0.25, 0.3) is 0 Å². The molecule has 1 unspecified atom stereocenters. The lowest BCUT2D eigenvalue weighted by Crippen LogP contribution is -2.17. The molecule has 0 aliphatic heterocycles. The molecule has 1 atom stereocenters. The average molecular weight is 189 g/mol. The number of halogens is 3. The standard InChI is InChI=1S/C5H10F3NOS/c6-5(7,8)1-3-11(10)4-2-9/h1-4,9H2. The molecule has 0 aliphatic carbocycles. The molecule has 0 radical (unpaired) electrons. The number of nitrogens with two attached hydrogens (primary N) is 1. The predicted molar refractivity (Wildman–Crippen MR) is 37.6 cm³/mol. The fourth-order valence-electron chi connectivity index (χ4n) is 0.463. The van der Waals surface area contributed by atoms with E-state index in [1.165, 1.54) is 0 Å². The van der Waals surface area contributed by atoms with Crippen LogP contribution in [0, 0.1) is 0 Å². The first-order valence-corrected chi connectivity index (χ1v) is 4.56. The van der Waals surface area contributed by atoms with Gasteiger partial charge in [0.05, 0.1) is 6.42 Å². The summed E-state index contributed by atoms with van der Waals surface area (Å²) in [4.78, 5) is 0. The lowest BCUT2D eigenvalue weighted by Gasteiger charge is -2.04. The molecular formula is C5H10F3NOS. The minimum atomic E-state index is -4.20. The van der Waals surface area contributed by atoms with Crippen molar-refractivity contribution < 1.29 is 17.4 Å². The van der Waals surface area contributed by atoms with Gasteiger partial charge in [-0.2, -0.15) is 13.2 Å². The van der Waals surface area contributed by atoms with Crippen LogP contribution in [0.25, 0.3) is 0 Å². The van der Waals surface area contributed by atoms with E-state index in [0.717, 1.165) is 0 Å². The summed E-state index contributed by atoms with van der Waals surface area (Å²) in [6.45, 7) is 0.171. The Morgan fingerprint density at radius 1 is 1.27 bits per heavy atom. The molecule has 2 N–H and O–H groups in total. The second-order valence-electron chi connectivity index (χ2n) is 2.00. The van der Waals surface area contributed by atoms with E-state index in [2.05, 4.69) is 0 Å². The van der Waals surface area contributed by atoms with Gasteiger partial charge in [0.15, 0.2) is 0 Å². The molecule has 0 fully saturated rings. The van der Waals surface area contributed by atoms with Crippen LogP contribution < -0.4 is 5.73 Å². The molecule has 0 spiro atoms. The van der Waals surface area contributed by atoms with E-state index in [-0.39, 0.29) is 18.1 Å². The van der Waals surface area contributed by atoms with Gasteiger partial charge in [-0.25, -0.2) is 0 Å². The van der Waals surface area contributed by atoms with Gasteiger partial charge < -0.3 is 5.73 Å². The SMILES string of the molecule is NCCS(=O)CCC(F)(F)F. The Labute approximate surface area is 65.4 Å². The van der Waals surface area contributed by atoms with E-state index in [4.69, 9.17) is 5.73 Å². The van der Waals surface area contributed by atoms with E-state index >= 15 is 0 Å². The molecule has 68 valence electrons. The minimum absolute atomic E-state index is 0.149. The van der Waals surface area contributed by atoms with Crippen molar-refractivity contribution in [1.29, 1.82) is 0 Å². The van der Waals surface area contributed by atoms with Gasteiger partial charge in [-0.15, -0.1) is 0 Å². The molecular weight excluding hydrogens is 179 g/mol. The summed E-state index contributed by atoms with van der Waals surface area (Å²) in [6.07, 6.45) is -5.19. The first kappa shape index (κ1) is 10.9. The average Bonchev–Trinajstić information content (AvgIpc) is 1.83. The van der Waals surface area contributed by atoms with Gasteiger partial charge in [-0.1, -0.05) is 0 Å². The first-order valence-electron chi connectivity index (χ1n) is 3.07. The molecule has 0 aromatic carbocycles. The maximum atomic E-state index is 11.5. The normalized spacial score (nSPS) is 14.9. The number of rotatable bonds is 4. The Morgan fingerprint density at radius 2 is 1.82 bits per heavy atom. The van der Waals surface area contributed by atoms with Gasteiger partial charge >= 0.3 is 6.18 Å². The van der Waals surface area contributed by atoms with E-state index in [1.54, 1.807) is 0 Å². The molecule has 0 aliphatic rings. The van der Waals surface area contributed by atoms with E-state index < -0.39 is 23.4 Å². The van der Waals surface area contributed by atoms with Crippen molar-refractivity contribution >= 4 is 10.8 Å². The fraction of sp³-hybridized carbons (Fsp3) is 1.00. The Hall–Kier alpha value is -0.100. The highest BCUT2D eigenvalue weighted by atomic mass is 32.2. The first-order chi connectivity index (χ1) is 4.95. The van der Waals surface area contributed by atoms with Crippen molar-refractivity contribution in [3.63, 3.8) is 0 Å². The summed E-state index contributed by atoms with van der Waals surface area (Å²) in [5.41, 5.74) is 4.99. The summed E-state index contributed by atoms with van der Waals surface area (Å²) in [5, 5.41) is 0. The van der Waals surface area contributed by atoms with Gasteiger partial charge in [0.2, 0.25) is 0 Å². The van der Waals surface area contributed by atoms with Crippen LogP contribution in [0.2, 0.25) is 0 Å². The Balaban J connectivity index is 3.46. The predicted octanol–water partition coefficient (Wildman–Crippen LogP) is 0.646. The van der Waals surface area contributed by atoms with Gasteiger partial charge in [-0.3, -0.25) is 4.21 Å². The van der Waals surface area contributed by atoms with Crippen molar-refractivity contribution in [2.75, 3.05) is 18.1 Å². The Kier molecular flexibility index (Phi) is 4.67. The number of alkyl halides is 3. The van der Waals surface area contributed by atoms with Crippen LogP contribution in [-0.4, -0.2) is 28.4 Å². The zero-order valence-electron chi connectivity index (χ0n) is 5.86. The molecule has 0 rings (SSSR count). The van der Waals surface area contributed by atoms with Crippen molar-refractivity contribution in [2.24, 2.45) is 5.73 Å². The van der Waals surface area contributed by atoms with Crippen molar-refractivity contribution in [3.05, 3.63) is 0 Å². The number of hydrogen-bond acceptors (Lipinski definition) is 2. The second kappa shape index (κ2) is 4.71. The zero-order valence-corrected chi connectivity index (χ0v) is 6.67. The summed E-state index contributed by atoms with van der Waals surface area (Å²) in [6, 6.07) is 0. The molecule has 0 bridgehead atoms. The van der Waals surface area contributed by atoms with Crippen LogP contribution in [0.4, 0.5) is 13.2 Å². The highest BCUT2D eigenvalue weighted by Crippen LogP contribution is 2.19. The van der Waals surface area contributed by atoms with Crippen molar-refractivity contribution in [3.8, 4) is 0 Å². The summed E-state index contributed by atoms with van der Waals surface area (Å²) in [5.74, 6) is -0.184. The summed E-state index contributed by atoms with van der Waals surface area (Å²) < 4.78 is 45.1. The summed E-state index contributed by atoms with van der Waals surface area (Å²) in [7, 11) is -1.41. The third kappa shape index (κ3) is 7.80. The highest BCUT2D eigenvalue weighted by Gasteiger charge is 2.27. The molecule has 2 nitrogen and oxygen atoms in total. The monoisotopic (exact) mass is 189 g/mol. The van der Waals surface area contributed by atoms with Crippen LogP contribution >= 0.6 is 0 Å². The van der Waals surface area contributed by atoms with Crippen molar-refractivity contribution in [2.45, 2.75) is 12.6 Å². The van der Waals surface area contributed by atoms with Crippen LogP contribution in [-0.2, 0) is 10.8 Å². The lowest BCUT2D eigenvalue weighted by molar-refractivity contribution is -0.129. The molecule has 0 heterocycles. The topological polar surface area (TPSA) is 43.1 Å². The van der Waals surface area contributed by atoms with Gasteiger partial charge in [0, 0.05) is 28.9 Å². The third-order valence-electron chi connectivity index (χ3n) is 0.959. The van der Waals surface area contributed by atoms with E-state index in [0.29, 0.717) is 0 Å². The van der Waals surface area contributed by atoms with E-state index in [9.17, 15) is 17.4 Å². The maximum absolute atomic E-state index is 11.5. The highest BCUT2D eigenvalue weighted by molar-refractivity contribution is 7.84. The quantitative estimate of drug-likeness (QED) is 0.705. The van der Waals surface area contributed by atoms with Crippen LogP contribution in [0.5, 0.6) is 0 Å². The van der Waals surface area contributed by atoms with Crippen molar-refractivity contribution in [1.82, 2.24) is 0 Å². The largest absolute Gasteiger partial charge is 0.390 e. The minimum Gasteiger partial charge on any atom is -0.330 e. The van der Waals surface area contributed by atoms with Crippen LogP contribution in [0.15, 0.2) is 0 Å². The van der Waals surface area contributed by atoms with Crippen LogP contribution in [0.3, 0.4) is 0 Å².